The van der Waals surface area contributed by atoms with Crippen LogP contribution in [0.4, 0.5) is 8.78 Å². The zero-order valence-electron chi connectivity index (χ0n) is 11.0. The summed E-state index contributed by atoms with van der Waals surface area (Å²) in [5.74, 6) is -1.03. The van der Waals surface area contributed by atoms with Crippen LogP contribution in [0.25, 0.3) is 0 Å². The van der Waals surface area contributed by atoms with Crippen LogP contribution in [0.2, 0.25) is 0 Å². The summed E-state index contributed by atoms with van der Waals surface area (Å²) in [5.41, 5.74) is 0.881. The van der Waals surface area contributed by atoms with Crippen molar-refractivity contribution in [3.05, 3.63) is 53.6 Å². The maximum atomic E-state index is 13.7. The van der Waals surface area contributed by atoms with Crippen molar-refractivity contribution in [3.63, 3.8) is 0 Å². The average molecular weight is 265 g/mol. The number of likely N-dealkylation sites (N-methyl/N-ethyl adjacent to an activating group) is 1. The Morgan fingerprint density at radius 2 is 2.00 bits per heavy atom. The van der Waals surface area contributed by atoms with Gasteiger partial charge in [0.25, 0.3) is 0 Å². The SMILES string of the molecule is CCNC(Cc1c(F)cccc1F)c1cn(C)cn1. The molecule has 3 nitrogen and oxygen atoms in total. The lowest BCUT2D eigenvalue weighted by molar-refractivity contribution is 0.493. The molecule has 2 rings (SSSR count). The van der Waals surface area contributed by atoms with Crippen molar-refractivity contribution in [2.75, 3.05) is 6.54 Å². The van der Waals surface area contributed by atoms with E-state index in [-0.39, 0.29) is 18.0 Å². The second-order valence-electron chi connectivity index (χ2n) is 4.48. The molecule has 1 atom stereocenters. The van der Waals surface area contributed by atoms with Crippen LogP contribution in [-0.2, 0) is 13.5 Å². The third-order valence-electron chi connectivity index (χ3n) is 3.00. The van der Waals surface area contributed by atoms with Gasteiger partial charge in [0.1, 0.15) is 11.6 Å². The predicted octanol–water partition coefficient (Wildman–Crippen LogP) is 2.59. The third-order valence-corrected chi connectivity index (χ3v) is 3.00. The molecule has 1 unspecified atom stereocenters. The van der Waals surface area contributed by atoms with Crippen LogP contribution < -0.4 is 5.32 Å². The second-order valence-corrected chi connectivity index (χ2v) is 4.48. The molecular formula is C14H17F2N3. The van der Waals surface area contributed by atoms with Gasteiger partial charge in [0.15, 0.2) is 0 Å². The normalized spacial score (nSPS) is 12.6. The summed E-state index contributed by atoms with van der Waals surface area (Å²) >= 11 is 0. The zero-order valence-corrected chi connectivity index (χ0v) is 11.0. The number of aromatic nitrogens is 2. The van der Waals surface area contributed by atoms with E-state index in [0.717, 1.165) is 5.69 Å². The monoisotopic (exact) mass is 265 g/mol. The van der Waals surface area contributed by atoms with Gasteiger partial charge in [-0.05, 0) is 25.1 Å². The van der Waals surface area contributed by atoms with E-state index in [9.17, 15) is 8.78 Å². The minimum absolute atomic E-state index is 0.0964. The van der Waals surface area contributed by atoms with Gasteiger partial charge >= 0.3 is 0 Å². The van der Waals surface area contributed by atoms with Crippen molar-refractivity contribution in [1.29, 1.82) is 0 Å². The predicted molar refractivity (Wildman–Crippen MR) is 69.7 cm³/mol. The maximum Gasteiger partial charge on any atom is 0.129 e. The number of halogens is 2. The molecule has 102 valence electrons. The van der Waals surface area contributed by atoms with Crippen molar-refractivity contribution in [2.45, 2.75) is 19.4 Å². The maximum absolute atomic E-state index is 13.7. The van der Waals surface area contributed by atoms with Gasteiger partial charge in [0, 0.05) is 18.8 Å². The molecule has 0 radical (unpaired) electrons. The highest BCUT2D eigenvalue weighted by atomic mass is 19.1. The minimum atomic E-state index is -0.515. The smallest absolute Gasteiger partial charge is 0.129 e. The molecule has 2 aromatic rings. The Morgan fingerprint density at radius 1 is 1.32 bits per heavy atom. The highest BCUT2D eigenvalue weighted by molar-refractivity contribution is 5.22. The van der Waals surface area contributed by atoms with Gasteiger partial charge in [0.05, 0.1) is 18.1 Å². The Morgan fingerprint density at radius 3 is 2.53 bits per heavy atom. The van der Waals surface area contributed by atoms with E-state index in [0.29, 0.717) is 6.54 Å². The van der Waals surface area contributed by atoms with Gasteiger partial charge in [-0.2, -0.15) is 0 Å². The van der Waals surface area contributed by atoms with E-state index in [1.54, 1.807) is 6.33 Å². The summed E-state index contributed by atoms with van der Waals surface area (Å²) in [6.07, 6.45) is 3.77. The first kappa shape index (κ1) is 13.7. The molecule has 0 aliphatic rings. The molecule has 19 heavy (non-hydrogen) atoms. The number of aryl methyl sites for hydroxylation is 1. The lowest BCUT2D eigenvalue weighted by Gasteiger charge is -2.16. The summed E-state index contributed by atoms with van der Waals surface area (Å²) in [5, 5.41) is 3.21. The summed E-state index contributed by atoms with van der Waals surface area (Å²) in [4.78, 5) is 4.25. The fourth-order valence-corrected chi connectivity index (χ4v) is 2.07. The van der Waals surface area contributed by atoms with Crippen LogP contribution in [0.5, 0.6) is 0 Å². The van der Waals surface area contributed by atoms with Crippen molar-refractivity contribution in [3.8, 4) is 0 Å². The molecule has 1 heterocycles. The highest BCUT2D eigenvalue weighted by Crippen LogP contribution is 2.21. The number of hydrogen-bond donors (Lipinski definition) is 1. The average Bonchev–Trinajstić information content (AvgIpc) is 2.79. The number of nitrogens with zero attached hydrogens (tertiary/aromatic N) is 2. The molecule has 0 spiro atoms. The van der Waals surface area contributed by atoms with Gasteiger partial charge in [-0.25, -0.2) is 13.8 Å². The van der Waals surface area contributed by atoms with Crippen LogP contribution in [0, 0.1) is 11.6 Å². The number of nitrogens with one attached hydrogen (secondary N) is 1. The molecular weight excluding hydrogens is 248 g/mol. The van der Waals surface area contributed by atoms with E-state index < -0.39 is 11.6 Å². The van der Waals surface area contributed by atoms with Crippen molar-refractivity contribution in [1.82, 2.24) is 14.9 Å². The number of benzene rings is 1. The topological polar surface area (TPSA) is 29.9 Å². The van der Waals surface area contributed by atoms with E-state index in [2.05, 4.69) is 10.3 Å². The Balaban J connectivity index is 2.26. The minimum Gasteiger partial charge on any atom is -0.340 e. The molecule has 0 amide bonds. The standard InChI is InChI=1S/C14H17F2N3/c1-3-17-13(14-8-19(2)9-18-14)7-10-11(15)5-4-6-12(10)16/h4-6,8-9,13,17H,3,7H2,1-2H3. The summed E-state index contributed by atoms with van der Waals surface area (Å²) in [6.45, 7) is 2.66. The fourth-order valence-electron chi connectivity index (χ4n) is 2.07. The lowest BCUT2D eigenvalue weighted by atomic mass is 10.0. The highest BCUT2D eigenvalue weighted by Gasteiger charge is 2.18. The quantitative estimate of drug-likeness (QED) is 0.900. The van der Waals surface area contributed by atoms with Crippen LogP contribution in [0.3, 0.4) is 0 Å². The first-order valence-electron chi connectivity index (χ1n) is 6.26. The molecule has 0 aliphatic carbocycles. The molecule has 0 fully saturated rings. The molecule has 0 saturated heterocycles. The summed E-state index contributed by atoms with van der Waals surface area (Å²) in [6, 6.07) is 3.73. The largest absolute Gasteiger partial charge is 0.340 e. The Labute approximate surface area is 111 Å². The number of hydrogen-bond acceptors (Lipinski definition) is 2. The van der Waals surface area contributed by atoms with Crippen LogP contribution in [0.1, 0.15) is 24.2 Å². The summed E-state index contributed by atoms with van der Waals surface area (Å²) < 4.78 is 29.2. The van der Waals surface area contributed by atoms with Gasteiger partial charge in [-0.15, -0.1) is 0 Å². The van der Waals surface area contributed by atoms with E-state index in [1.807, 2.05) is 24.7 Å². The van der Waals surface area contributed by atoms with Crippen LogP contribution >= 0.6 is 0 Å². The first-order chi connectivity index (χ1) is 9.11. The molecule has 1 N–H and O–H groups in total. The molecule has 1 aromatic carbocycles. The molecule has 0 bridgehead atoms. The van der Waals surface area contributed by atoms with E-state index in [1.165, 1.54) is 18.2 Å². The second kappa shape index (κ2) is 5.93. The molecule has 0 aliphatic heterocycles. The Kier molecular flexibility index (Phi) is 4.27. The van der Waals surface area contributed by atoms with Crippen LogP contribution in [-0.4, -0.2) is 16.1 Å². The van der Waals surface area contributed by atoms with Crippen LogP contribution in [0.15, 0.2) is 30.7 Å². The van der Waals surface area contributed by atoms with E-state index >= 15 is 0 Å². The van der Waals surface area contributed by atoms with Gasteiger partial charge in [-0.1, -0.05) is 13.0 Å². The van der Waals surface area contributed by atoms with Gasteiger partial charge < -0.3 is 9.88 Å². The van der Waals surface area contributed by atoms with Crippen molar-refractivity contribution >= 4 is 0 Å². The van der Waals surface area contributed by atoms with Gasteiger partial charge in [0.2, 0.25) is 0 Å². The Bertz CT molecular complexity index is 531. The molecule has 1 aromatic heterocycles. The fraction of sp³-hybridized carbons (Fsp3) is 0.357. The number of imidazole rings is 1. The van der Waals surface area contributed by atoms with Crippen molar-refractivity contribution < 1.29 is 8.78 Å². The summed E-state index contributed by atoms with van der Waals surface area (Å²) in [7, 11) is 1.86. The Hall–Kier alpha value is -1.75. The zero-order chi connectivity index (χ0) is 13.8. The third kappa shape index (κ3) is 3.17. The van der Waals surface area contributed by atoms with E-state index in [4.69, 9.17) is 0 Å². The van der Waals surface area contributed by atoms with Crippen molar-refractivity contribution in [2.24, 2.45) is 7.05 Å². The first-order valence-corrected chi connectivity index (χ1v) is 6.26. The molecule has 0 saturated carbocycles. The lowest BCUT2D eigenvalue weighted by Crippen LogP contribution is -2.24. The van der Waals surface area contributed by atoms with Gasteiger partial charge in [-0.3, -0.25) is 0 Å². The number of rotatable bonds is 5. The molecule has 5 heteroatoms.